The van der Waals surface area contributed by atoms with E-state index in [0.29, 0.717) is 31.1 Å². The molecule has 9 heteroatoms. The summed E-state index contributed by atoms with van der Waals surface area (Å²) in [5, 5.41) is 27.9. The molecule has 1 aromatic heterocycles. The van der Waals surface area contributed by atoms with Crippen LogP contribution in [0.25, 0.3) is 0 Å². The lowest BCUT2D eigenvalue weighted by Gasteiger charge is -2.58. The molecule has 1 heterocycles. The largest absolute Gasteiger partial charge is 0.396 e. The van der Waals surface area contributed by atoms with Crippen molar-refractivity contribution in [1.29, 1.82) is 0 Å². The summed E-state index contributed by atoms with van der Waals surface area (Å²) in [6, 6.07) is 0. The van der Waals surface area contributed by atoms with E-state index in [1.807, 2.05) is 6.92 Å². The van der Waals surface area contributed by atoms with Gasteiger partial charge >= 0.3 is 0 Å². The molecule has 0 spiro atoms. The molecule has 3 aliphatic carbocycles. The highest BCUT2D eigenvalue weighted by atomic mass is 32.1. The van der Waals surface area contributed by atoms with E-state index in [4.69, 9.17) is 9.72 Å². The molecule has 196 valence electrons. The maximum Gasteiger partial charge on any atom is 0.229 e. The van der Waals surface area contributed by atoms with Gasteiger partial charge in [-0.25, -0.2) is 4.98 Å². The van der Waals surface area contributed by atoms with Gasteiger partial charge in [-0.3, -0.25) is 9.59 Å². The number of anilines is 1. The van der Waals surface area contributed by atoms with Crippen molar-refractivity contribution in [1.82, 2.24) is 10.3 Å². The molecule has 1 aromatic rings. The third-order valence-corrected chi connectivity index (χ3v) is 10.1. The summed E-state index contributed by atoms with van der Waals surface area (Å²) in [7, 11) is 1.60. The van der Waals surface area contributed by atoms with Gasteiger partial charge in [-0.05, 0) is 43.4 Å². The molecule has 0 aliphatic heterocycles. The summed E-state index contributed by atoms with van der Waals surface area (Å²) in [5.74, 6) is -0.134. The van der Waals surface area contributed by atoms with Gasteiger partial charge in [0.25, 0.3) is 0 Å². The minimum absolute atomic E-state index is 0.00429. The van der Waals surface area contributed by atoms with Gasteiger partial charge in [-0.1, -0.05) is 33.1 Å². The van der Waals surface area contributed by atoms with Crippen LogP contribution in [-0.2, 0) is 20.7 Å². The summed E-state index contributed by atoms with van der Waals surface area (Å²) in [6.45, 7) is 4.94. The van der Waals surface area contributed by atoms with Crippen LogP contribution in [0.2, 0.25) is 0 Å². The van der Waals surface area contributed by atoms with E-state index in [2.05, 4.69) is 17.6 Å². The predicted octanol–water partition coefficient (Wildman–Crippen LogP) is 3.23. The van der Waals surface area contributed by atoms with Crippen LogP contribution < -0.4 is 10.6 Å². The van der Waals surface area contributed by atoms with E-state index < -0.39 is 11.5 Å². The molecule has 5 atom stereocenters. The van der Waals surface area contributed by atoms with Crippen molar-refractivity contribution in [3.05, 3.63) is 10.6 Å². The highest BCUT2D eigenvalue weighted by Crippen LogP contribution is 2.62. The molecule has 2 amide bonds. The first-order valence-electron chi connectivity index (χ1n) is 13.1. The molecular formula is C26H41N3O5S. The standard InChI is InChI=1S/C26H41N3O5S/c1-25-10-9-20(31)26(2,15-30)19(25)14-18-22(17(25)13-21(32)27-11-12-34-3)28-24(35-18)29-23(33)16-7-5-4-6-8-16/h16-17,19-20,30-31H,4-15H2,1-3H3,(H,27,32)(H,28,29,33)/t17-,19+,20-,25+,26+/m1/s1. The number of amides is 2. The van der Waals surface area contributed by atoms with Crippen LogP contribution in [0.4, 0.5) is 5.13 Å². The number of carbonyl (C=O) groups is 2. The average molecular weight is 508 g/mol. The molecule has 2 fully saturated rings. The average Bonchev–Trinajstić information content (AvgIpc) is 3.25. The quantitative estimate of drug-likeness (QED) is 0.401. The molecule has 0 aromatic carbocycles. The van der Waals surface area contributed by atoms with Crippen LogP contribution in [0.1, 0.15) is 81.7 Å². The number of aliphatic hydroxyl groups excluding tert-OH is 2. The highest BCUT2D eigenvalue weighted by Gasteiger charge is 2.59. The number of aliphatic hydroxyl groups is 2. The molecule has 0 saturated heterocycles. The van der Waals surface area contributed by atoms with E-state index in [1.165, 1.54) is 17.8 Å². The van der Waals surface area contributed by atoms with Gasteiger partial charge < -0.3 is 25.6 Å². The van der Waals surface area contributed by atoms with Gasteiger partial charge in [0.05, 0.1) is 25.0 Å². The number of carbonyl (C=O) groups excluding carboxylic acids is 2. The number of aromatic nitrogens is 1. The van der Waals surface area contributed by atoms with Gasteiger partial charge in [-0.2, -0.15) is 0 Å². The molecule has 0 radical (unpaired) electrons. The summed E-state index contributed by atoms with van der Waals surface area (Å²) in [6.07, 6.45) is 6.92. The van der Waals surface area contributed by atoms with Crippen molar-refractivity contribution in [2.45, 2.75) is 83.7 Å². The van der Waals surface area contributed by atoms with Crippen molar-refractivity contribution in [2.24, 2.45) is 22.7 Å². The first-order valence-corrected chi connectivity index (χ1v) is 13.9. The number of fused-ring (bicyclic) bond motifs is 2. The number of thiazole rings is 1. The fourth-order valence-corrected chi connectivity index (χ4v) is 7.89. The smallest absolute Gasteiger partial charge is 0.229 e. The fraction of sp³-hybridized carbons (Fsp3) is 0.808. The molecule has 3 aliphatic rings. The summed E-state index contributed by atoms with van der Waals surface area (Å²) in [5.41, 5.74) is -0.0716. The maximum absolute atomic E-state index is 12.9. The van der Waals surface area contributed by atoms with Gasteiger partial charge in [0, 0.05) is 42.2 Å². The lowest BCUT2D eigenvalue weighted by atomic mass is 9.47. The number of ether oxygens (including phenoxy) is 1. The van der Waals surface area contributed by atoms with Gasteiger partial charge in [0.2, 0.25) is 11.8 Å². The van der Waals surface area contributed by atoms with E-state index in [9.17, 15) is 19.8 Å². The second kappa shape index (κ2) is 10.8. The predicted molar refractivity (Wildman–Crippen MR) is 135 cm³/mol. The SMILES string of the molecule is COCCNC(=O)C[C@@H]1c2nc(NC(=O)C3CCCCC3)sc2C[C@@H]2[C@](C)(CO)[C@H](O)CC[C@]21C. The van der Waals surface area contributed by atoms with Crippen molar-refractivity contribution < 1.29 is 24.5 Å². The van der Waals surface area contributed by atoms with Crippen LogP contribution >= 0.6 is 11.3 Å². The zero-order valence-electron chi connectivity index (χ0n) is 21.3. The van der Waals surface area contributed by atoms with Crippen LogP contribution in [0.3, 0.4) is 0 Å². The number of hydrogen-bond donors (Lipinski definition) is 4. The van der Waals surface area contributed by atoms with Crippen LogP contribution in [0.5, 0.6) is 0 Å². The van der Waals surface area contributed by atoms with E-state index >= 15 is 0 Å². The number of methoxy groups -OCH3 is 1. The topological polar surface area (TPSA) is 121 Å². The Bertz CT molecular complexity index is 917. The van der Waals surface area contributed by atoms with Gasteiger partial charge in [0.15, 0.2) is 5.13 Å². The Hall–Kier alpha value is -1.55. The highest BCUT2D eigenvalue weighted by molar-refractivity contribution is 7.15. The minimum Gasteiger partial charge on any atom is -0.396 e. The van der Waals surface area contributed by atoms with Crippen LogP contribution in [0.15, 0.2) is 0 Å². The van der Waals surface area contributed by atoms with E-state index in [-0.39, 0.29) is 48.0 Å². The summed E-state index contributed by atoms with van der Waals surface area (Å²) >= 11 is 1.49. The fourth-order valence-electron chi connectivity index (χ4n) is 6.82. The second-order valence-electron chi connectivity index (χ2n) is 11.2. The van der Waals surface area contributed by atoms with Gasteiger partial charge in [-0.15, -0.1) is 11.3 Å². The first kappa shape index (κ1) is 26.5. The molecule has 4 rings (SSSR count). The Morgan fingerprint density at radius 1 is 1.20 bits per heavy atom. The third kappa shape index (κ3) is 5.15. The molecule has 2 saturated carbocycles. The number of nitrogens with zero attached hydrogens (tertiary/aromatic N) is 1. The second-order valence-corrected chi connectivity index (χ2v) is 12.3. The molecule has 0 bridgehead atoms. The molecule has 35 heavy (non-hydrogen) atoms. The first-order chi connectivity index (χ1) is 16.7. The zero-order valence-corrected chi connectivity index (χ0v) is 22.1. The number of rotatable bonds is 8. The van der Waals surface area contributed by atoms with Crippen molar-refractivity contribution >= 4 is 28.3 Å². The molecule has 0 unspecified atom stereocenters. The Balaban J connectivity index is 1.64. The zero-order chi connectivity index (χ0) is 25.2. The monoisotopic (exact) mass is 507 g/mol. The van der Waals surface area contributed by atoms with Gasteiger partial charge in [0.1, 0.15) is 0 Å². The van der Waals surface area contributed by atoms with Crippen molar-refractivity contribution in [3.63, 3.8) is 0 Å². The third-order valence-electron chi connectivity index (χ3n) is 9.12. The van der Waals surface area contributed by atoms with Crippen molar-refractivity contribution in [3.8, 4) is 0 Å². The van der Waals surface area contributed by atoms with Crippen molar-refractivity contribution in [2.75, 3.05) is 32.2 Å². The van der Waals surface area contributed by atoms with Crippen LogP contribution in [-0.4, -0.2) is 60.0 Å². The normalized spacial score (nSPS) is 33.0. The van der Waals surface area contributed by atoms with E-state index in [1.54, 1.807) is 7.11 Å². The Morgan fingerprint density at radius 2 is 1.94 bits per heavy atom. The summed E-state index contributed by atoms with van der Waals surface area (Å²) < 4.78 is 5.07. The van der Waals surface area contributed by atoms with E-state index in [0.717, 1.165) is 42.7 Å². The molecule has 4 N–H and O–H groups in total. The Morgan fingerprint density at radius 3 is 2.63 bits per heavy atom. The Labute approximate surface area is 212 Å². The lowest BCUT2D eigenvalue weighted by Crippen LogP contribution is -2.57. The minimum atomic E-state index is -0.662. The maximum atomic E-state index is 12.9. The molecular weight excluding hydrogens is 466 g/mol. The Kier molecular flexibility index (Phi) is 8.20. The summed E-state index contributed by atoms with van der Waals surface area (Å²) in [4.78, 5) is 31.8. The number of hydrogen-bond acceptors (Lipinski definition) is 7. The molecule has 8 nitrogen and oxygen atoms in total. The number of nitrogens with one attached hydrogen (secondary N) is 2. The van der Waals surface area contributed by atoms with Crippen LogP contribution in [0, 0.1) is 22.7 Å². The lowest BCUT2D eigenvalue weighted by molar-refractivity contribution is -0.144.